The summed E-state index contributed by atoms with van der Waals surface area (Å²) in [6.07, 6.45) is 0. The van der Waals surface area contributed by atoms with E-state index in [9.17, 15) is 4.39 Å². The third kappa shape index (κ3) is 3.83. The van der Waals surface area contributed by atoms with Crippen LogP contribution in [0.2, 0.25) is 0 Å². The number of rotatable bonds is 7. The van der Waals surface area contributed by atoms with Gasteiger partial charge in [-0.05, 0) is 11.6 Å². The van der Waals surface area contributed by atoms with Crippen molar-refractivity contribution >= 4 is 11.8 Å². The van der Waals surface area contributed by atoms with Crippen molar-refractivity contribution < 1.29 is 9.13 Å². The Balaban J connectivity index is 1.85. The van der Waals surface area contributed by atoms with Crippen LogP contribution in [-0.2, 0) is 17.0 Å². The number of methoxy groups -OCH3 is 1. The molecule has 4 nitrogen and oxygen atoms in total. The van der Waals surface area contributed by atoms with Crippen LogP contribution in [-0.4, -0.2) is 28.5 Å². The highest BCUT2D eigenvalue weighted by Crippen LogP contribution is 2.27. The Morgan fingerprint density at radius 2 is 1.79 bits per heavy atom. The number of thioether (sulfide) groups is 1. The minimum absolute atomic E-state index is 0.198. The van der Waals surface area contributed by atoms with Gasteiger partial charge in [0, 0.05) is 18.4 Å². The third-order valence-corrected chi connectivity index (χ3v) is 4.60. The molecule has 1 aromatic heterocycles. The molecule has 0 spiro atoms. The Bertz CT molecular complexity index is 792. The number of halogens is 1. The smallest absolute Gasteiger partial charge is 0.191 e. The van der Waals surface area contributed by atoms with Gasteiger partial charge < -0.3 is 4.74 Å². The van der Waals surface area contributed by atoms with Crippen LogP contribution in [0.5, 0.6) is 0 Å². The highest BCUT2D eigenvalue weighted by Gasteiger charge is 2.14. The molecule has 1 heterocycles. The predicted octanol–water partition coefficient (Wildman–Crippen LogP) is 4.02. The van der Waals surface area contributed by atoms with Crippen molar-refractivity contribution in [2.75, 3.05) is 13.7 Å². The molecule has 0 unspecified atom stereocenters. The maximum absolute atomic E-state index is 13.8. The Kier molecular flexibility index (Phi) is 5.61. The molecule has 0 amide bonds. The van der Waals surface area contributed by atoms with Crippen LogP contribution in [0.4, 0.5) is 4.39 Å². The average molecular weight is 343 g/mol. The lowest BCUT2D eigenvalue weighted by atomic mass is 10.2. The van der Waals surface area contributed by atoms with Gasteiger partial charge in [-0.2, -0.15) is 0 Å². The molecule has 0 radical (unpaired) electrons. The number of hydrogen-bond acceptors (Lipinski definition) is 4. The molecule has 124 valence electrons. The molecule has 0 aliphatic heterocycles. The minimum Gasteiger partial charge on any atom is -0.383 e. The fraction of sp³-hybridized carbons (Fsp3) is 0.222. The molecular weight excluding hydrogens is 325 g/mol. The van der Waals surface area contributed by atoms with Crippen molar-refractivity contribution in [2.24, 2.45) is 0 Å². The van der Waals surface area contributed by atoms with Crippen LogP contribution in [0, 0.1) is 5.82 Å². The molecule has 24 heavy (non-hydrogen) atoms. The monoisotopic (exact) mass is 343 g/mol. The molecule has 0 aliphatic carbocycles. The van der Waals surface area contributed by atoms with Gasteiger partial charge in [-0.3, -0.25) is 4.57 Å². The first-order valence-corrected chi connectivity index (χ1v) is 8.62. The number of aromatic nitrogens is 3. The largest absolute Gasteiger partial charge is 0.383 e. The van der Waals surface area contributed by atoms with Gasteiger partial charge in [-0.25, -0.2) is 4.39 Å². The number of ether oxygens (including phenoxy) is 1. The van der Waals surface area contributed by atoms with Gasteiger partial charge in [0.25, 0.3) is 0 Å². The first-order chi connectivity index (χ1) is 11.8. The normalized spacial score (nSPS) is 10.9. The molecule has 6 heteroatoms. The van der Waals surface area contributed by atoms with E-state index in [-0.39, 0.29) is 5.82 Å². The van der Waals surface area contributed by atoms with Gasteiger partial charge in [0.1, 0.15) is 5.82 Å². The van der Waals surface area contributed by atoms with Gasteiger partial charge in [0.05, 0.1) is 13.2 Å². The van der Waals surface area contributed by atoms with Crippen molar-refractivity contribution in [1.82, 2.24) is 14.8 Å². The molecule has 0 bridgehead atoms. The maximum atomic E-state index is 13.8. The van der Waals surface area contributed by atoms with Crippen LogP contribution in [0.15, 0.2) is 59.8 Å². The van der Waals surface area contributed by atoms with Crippen LogP contribution < -0.4 is 0 Å². The summed E-state index contributed by atoms with van der Waals surface area (Å²) < 4.78 is 21.0. The number of benzene rings is 2. The lowest BCUT2D eigenvalue weighted by molar-refractivity contribution is 0.185. The first-order valence-electron chi connectivity index (χ1n) is 7.63. The van der Waals surface area contributed by atoms with Crippen LogP contribution in [0.3, 0.4) is 0 Å². The van der Waals surface area contributed by atoms with E-state index in [2.05, 4.69) is 10.2 Å². The Morgan fingerprint density at radius 1 is 1.04 bits per heavy atom. The van der Waals surface area contributed by atoms with Crippen molar-refractivity contribution in [3.8, 4) is 11.4 Å². The van der Waals surface area contributed by atoms with Crippen LogP contribution in [0.1, 0.15) is 5.56 Å². The van der Waals surface area contributed by atoms with Crippen LogP contribution in [0.25, 0.3) is 11.4 Å². The van der Waals surface area contributed by atoms with E-state index < -0.39 is 0 Å². The van der Waals surface area contributed by atoms with E-state index >= 15 is 0 Å². The summed E-state index contributed by atoms with van der Waals surface area (Å²) in [6, 6.07) is 16.7. The molecule has 0 saturated carbocycles. The summed E-state index contributed by atoms with van der Waals surface area (Å²) in [7, 11) is 1.67. The molecule has 3 rings (SSSR count). The van der Waals surface area contributed by atoms with Crippen LogP contribution >= 0.6 is 11.8 Å². The van der Waals surface area contributed by atoms with E-state index in [1.54, 1.807) is 19.2 Å². The van der Waals surface area contributed by atoms with Crippen molar-refractivity contribution in [3.05, 3.63) is 66.0 Å². The zero-order valence-corrected chi connectivity index (χ0v) is 14.2. The number of hydrogen-bond donors (Lipinski definition) is 0. The number of nitrogens with zero attached hydrogens (tertiary/aromatic N) is 3. The summed E-state index contributed by atoms with van der Waals surface area (Å²) in [6.45, 7) is 1.21. The second-order valence-electron chi connectivity index (χ2n) is 5.20. The van der Waals surface area contributed by atoms with E-state index in [0.717, 1.165) is 16.5 Å². The topological polar surface area (TPSA) is 39.9 Å². The predicted molar refractivity (Wildman–Crippen MR) is 93.3 cm³/mol. The summed E-state index contributed by atoms with van der Waals surface area (Å²) >= 11 is 1.47. The van der Waals surface area contributed by atoms with E-state index in [4.69, 9.17) is 4.74 Å². The first kappa shape index (κ1) is 16.7. The molecule has 0 atom stereocenters. The Morgan fingerprint density at radius 3 is 2.54 bits per heavy atom. The third-order valence-electron chi connectivity index (χ3n) is 3.58. The van der Waals surface area contributed by atoms with Crippen molar-refractivity contribution in [1.29, 1.82) is 0 Å². The van der Waals surface area contributed by atoms with Crippen molar-refractivity contribution in [2.45, 2.75) is 17.5 Å². The summed E-state index contributed by atoms with van der Waals surface area (Å²) in [5, 5.41) is 9.36. The minimum atomic E-state index is -0.198. The van der Waals surface area contributed by atoms with E-state index in [0.29, 0.717) is 24.5 Å². The van der Waals surface area contributed by atoms with Gasteiger partial charge >= 0.3 is 0 Å². The lowest BCUT2D eigenvalue weighted by Gasteiger charge is -2.10. The van der Waals surface area contributed by atoms with Gasteiger partial charge in [-0.15, -0.1) is 10.2 Å². The summed E-state index contributed by atoms with van der Waals surface area (Å²) in [5.74, 6) is 1.10. The second-order valence-corrected chi connectivity index (χ2v) is 6.14. The zero-order valence-electron chi connectivity index (χ0n) is 13.4. The molecule has 2 aromatic carbocycles. The fourth-order valence-electron chi connectivity index (χ4n) is 2.34. The maximum Gasteiger partial charge on any atom is 0.191 e. The highest BCUT2D eigenvalue weighted by atomic mass is 32.2. The Hall–Kier alpha value is -2.18. The fourth-order valence-corrected chi connectivity index (χ4v) is 3.29. The van der Waals surface area contributed by atoms with E-state index in [1.165, 1.54) is 17.8 Å². The van der Waals surface area contributed by atoms with Gasteiger partial charge in [0.15, 0.2) is 11.0 Å². The summed E-state index contributed by atoms with van der Waals surface area (Å²) in [4.78, 5) is 0. The highest BCUT2D eigenvalue weighted by molar-refractivity contribution is 7.98. The molecule has 0 N–H and O–H groups in total. The second kappa shape index (κ2) is 8.08. The van der Waals surface area contributed by atoms with E-state index in [1.807, 2.05) is 41.0 Å². The Labute approximate surface area is 144 Å². The van der Waals surface area contributed by atoms with Gasteiger partial charge in [-0.1, -0.05) is 60.3 Å². The average Bonchev–Trinajstić information content (AvgIpc) is 3.03. The summed E-state index contributed by atoms with van der Waals surface area (Å²) in [5.41, 5.74) is 1.66. The molecular formula is C18H18FN3OS. The molecule has 0 saturated heterocycles. The zero-order chi connectivity index (χ0) is 16.8. The van der Waals surface area contributed by atoms with Gasteiger partial charge in [0.2, 0.25) is 0 Å². The molecule has 0 aliphatic rings. The molecule has 3 aromatic rings. The van der Waals surface area contributed by atoms with Crippen molar-refractivity contribution in [3.63, 3.8) is 0 Å². The lowest BCUT2D eigenvalue weighted by Crippen LogP contribution is -2.07. The molecule has 0 fully saturated rings. The SMILES string of the molecule is COCCn1c(SCc2ccccc2F)nnc1-c1ccccc1. The standard InChI is InChI=1S/C18H18FN3OS/c1-23-12-11-22-17(14-7-3-2-4-8-14)20-21-18(22)24-13-15-9-5-6-10-16(15)19/h2-10H,11-13H2,1H3. The quantitative estimate of drug-likeness (QED) is 0.608.